The molecule has 0 aliphatic rings. The van der Waals surface area contributed by atoms with E-state index >= 15 is 0 Å². The molecule has 0 saturated heterocycles. The minimum Gasteiger partial charge on any atom is -0.508 e. The number of hydrogen-bond donors (Lipinski definition) is 5. The summed E-state index contributed by atoms with van der Waals surface area (Å²) in [5.74, 6) is 0.267. The normalized spacial score (nSPS) is 9.90. The number of aromatic hydroxyl groups is 3. The van der Waals surface area contributed by atoms with Gasteiger partial charge in [-0.25, -0.2) is 0 Å². The van der Waals surface area contributed by atoms with Crippen LogP contribution in [-0.4, -0.2) is 33.1 Å². The lowest BCUT2D eigenvalue weighted by Crippen LogP contribution is -1.75. The quantitative estimate of drug-likeness (QED) is 0.421. The molecule has 0 heterocycles. The highest BCUT2D eigenvalue weighted by Crippen LogP contribution is 2.22. The van der Waals surface area contributed by atoms with Crippen molar-refractivity contribution in [1.29, 1.82) is 0 Å². The van der Waals surface area contributed by atoms with Gasteiger partial charge in [-0.1, -0.05) is 24.3 Å². The van der Waals surface area contributed by atoms with Gasteiger partial charge < -0.3 is 25.4 Å². The first-order chi connectivity index (χ1) is 9.55. The fourth-order valence-electron chi connectivity index (χ4n) is 1.49. The molecule has 1 radical (unpaired) electrons. The molecule has 0 unspecified atom stereocenters. The summed E-state index contributed by atoms with van der Waals surface area (Å²) in [4.78, 5) is 0. The predicted molar refractivity (Wildman–Crippen MR) is 77.0 cm³/mol. The summed E-state index contributed by atoms with van der Waals surface area (Å²) >= 11 is 0. The third-order valence-corrected chi connectivity index (χ3v) is 2.29. The Balaban J connectivity index is 0.000000612. The molecule has 2 aromatic rings. The molecule has 2 aromatic carbocycles. The highest BCUT2D eigenvalue weighted by Gasteiger charge is 1.95. The number of phenolic OH excluding ortho intramolecular Hbond substituents is 3. The molecule has 5 nitrogen and oxygen atoms in total. The first kappa shape index (κ1) is 15.6. The van der Waals surface area contributed by atoms with E-state index < -0.39 is 0 Å². The van der Waals surface area contributed by atoms with Gasteiger partial charge in [0.1, 0.15) is 17.2 Å². The van der Waals surface area contributed by atoms with Gasteiger partial charge in [0, 0.05) is 6.07 Å². The Hall–Kier alpha value is -2.44. The molecule has 0 spiro atoms. The lowest BCUT2D eigenvalue weighted by molar-refractivity contribution is 0.447. The zero-order chi connectivity index (χ0) is 15.0. The smallest absolute Gasteiger partial charge is 0.482 e. The van der Waals surface area contributed by atoms with E-state index in [0.717, 1.165) is 5.56 Å². The van der Waals surface area contributed by atoms with E-state index in [0.29, 0.717) is 5.56 Å². The standard InChI is InChI=1S/C14H12O3.BH2O2/c15-12-5-3-10(4-6-12)1-2-11-7-13(16)9-14(17)8-11;2-1-3/h1-9,15-17H;2-3H/b2-1+;. The second kappa shape index (κ2) is 7.88. The number of benzene rings is 2. The van der Waals surface area contributed by atoms with Crippen molar-refractivity contribution in [1.82, 2.24) is 0 Å². The summed E-state index contributed by atoms with van der Waals surface area (Å²) in [6.07, 6.45) is 3.60. The lowest BCUT2D eigenvalue weighted by Gasteiger charge is -1.98. The topological polar surface area (TPSA) is 101 Å². The molecule has 2 rings (SSSR count). The molecule has 0 bridgehead atoms. The highest BCUT2D eigenvalue weighted by molar-refractivity contribution is 6.13. The number of hydrogen-bond acceptors (Lipinski definition) is 5. The minimum atomic E-state index is 0. The average molecular weight is 273 g/mol. The van der Waals surface area contributed by atoms with Crippen LogP contribution >= 0.6 is 0 Å². The highest BCUT2D eigenvalue weighted by atomic mass is 16.4. The van der Waals surface area contributed by atoms with Gasteiger partial charge in [0.05, 0.1) is 0 Å². The van der Waals surface area contributed by atoms with Crippen molar-refractivity contribution in [3.05, 3.63) is 53.6 Å². The van der Waals surface area contributed by atoms with E-state index in [1.54, 1.807) is 42.5 Å². The van der Waals surface area contributed by atoms with Crippen molar-refractivity contribution >= 4 is 19.8 Å². The maximum absolute atomic E-state index is 9.30. The second-order valence-corrected chi connectivity index (χ2v) is 3.82. The third kappa shape index (κ3) is 5.47. The van der Waals surface area contributed by atoms with Crippen LogP contribution in [0.2, 0.25) is 0 Å². The van der Waals surface area contributed by atoms with Crippen LogP contribution in [0.3, 0.4) is 0 Å². The van der Waals surface area contributed by atoms with Crippen LogP contribution < -0.4 is 0 Å². The third-order valence-electron chi connectivity index (χ3n) is 2.29. The van der Waals surface area contributed by atoms with Gasteiger partial charge in [-0.15, -0.1) is 0 Å². The molecule has 0 aliphatic carbocycles. The summed E-state index contributed by atoms with van der Waals surface area (Å²) in [6, 6.07) is 11.1. The molecule has 6 heteroatoms. The van der Waals surface area contributed by atoms with Crippen LogP contribution in [0, 0.1) is 0 Å². The molecule has 20 heavy (non-hydrogen) atoms. The molecule has 0 fully saturated rings. The molecule has 0 atom stereocenters. The van der Waals surface area contributed by atoms with Gasteiger partial charge in [0.25, 0.3) is 0 Å². The molecular formula is C14H14BO5. The van der Waals surface area contributed by atoms with Crippen molar-refractivity contribution in [2.45, 2.75) is 0 Å². The van der Waals surface area contributed by atoms with Crippen LogP contribution in [0.15, 0.2) is 42.5 Å². The molecule has 0 saturated carbocycles. The second-order valence-electron chi connectivity index (χ2n) is 3.82. The fraction of sp³-hybridized carbons (Fsp3) is 0. The molecule has 0 amide bonds. The number of phenols is 3. The van der Waals surface area contributed by atoms with Gasteiger partial charge in [0.15, 0.2) is 0 Å². The first-order valence-electron chi connectivity index (χ1n) is 5.65. The zero-order valence-corrected chi connectivity index (χ0v) is 10.5. The van der Waals surface area contributed by atoms with Crippen LogP contribution in [0.4, 0.5) is 0 Å². The summed E-state index contributed by atoms with van der Waals surface area (Å²) in [5.41, 5.74) is 1.63. The van der Waals surface area contributed by atoms with Gasteiger partial charge in [-0.05, 0) is 35.4 Å². The van der Waals surface area contributed by atoms with Crippen LogP contribution in [0.1, 0.15) is 11.1 Å². The molecule has 5 N–H and O–H groups in total. The van der Waals surface area contributed by atoms with Crippen molar-refractivity contribution in [2.75, 3.05) is 0 Å². The fourth-order valence-corrected chi connectivity index (χ4v) is 1.49. The zero-order valence-electron chi connectivity index (χ0n) is 10.5. The molecular weight excluding hydrogens is 259 g/mol. The van der Waals surface area contributed by atoms with Crippen LogP contribution in [0.25, 0.3) is 12.2 Å². The van der Waals surface area contributed by atoms with Crippen LogP contribution in [-0.2, 0) is 0 Å². The Kier molecular flexibility index (Phi) is 6.16. The Morgan fingerprint density at radius 3 is 1.60 bits per heavy atom. The van der Waals surface area contributed by atoms with E-state index in [-0.39, 0.29) is 24.9 Å². The van der Waals surface area contributed by atoms with Gasteiger partial charge in [-0.3, -0.25) is 0 Å². The predicted octanol–water partition coefficient (Wildman–Crippen LogP) is 1.48. The maximum Gasteiger partial charge on any atom is 0.482 e. The molecule has 103 valence electrons. The van der Waals surface area contributed by atoms with Crippen molar-refractivity contribution in [2.24, 2.45) is 0 Å². The number of rotatable bonds is 2. The Morgan fingerprint density at radius 1 is 0.650 bits per heavy atom. The Morgan fingerprint density at radius 2 is 1.10 bits per heavy atom. The largest absolute Gasteiger partial charge is 0.508 e. The van der Waals surface area contributed by atoms with Crippen molar-refractivity contribution in [3.8, 4) is 17.2 Å². The first-order valence-corrected chi connectivity index (χ1v) is 5.65. The summed E-state index contributed by atoms with van der Waals surface area (Å²) < 4.78 is 0. The van der Waals surface area contributed by atoms with E-state index in [2.05, 4.69) is 0 Å². The van der Waals surface area contributed by atoms with Gasteiger partial charge in [-0.2, -0.15) is 0 Å². The summed E-state index contributed by atoms with van der Waals surface area (Å²) in [5, 5.41) is 41.7. The monoisotopic (exact) mass is 273 g/mol. The van der Waals surface area contributed by atoms with Gasteiger partial charge in [0.2, 0.25) is 0 Å². The van der Waals surface area contributed by atoms with E-state index in [9.17, 15) is 10.2 Å². The molecule has 0 aromatic heterocycles. The SMILES string of the molecule is O[B]O.Oc1ccc(/C=C/c2cc(O)cc(O)c2)cc1. The Labute approximate surface area is 117 Å². The summed E-state index contributed by atoms with van der Waals surface area (Å²) in [7, 11) is 0. The lowest BCUT2D eigenvalue weighted by atomic mass is 10.1. The Bertz CT molecular complexity index is 546. The van der Waals surface area contributed by atoms with Gasteiger partial charge >= 0.3 is 7.69 Å². The summed E-state index contributed by atoms with van der Waals surface area (Å²) in [6.45, 7) is 0. The minimum absolute atomic E-state index is 0. The van der Waals surface area contributed by atoms with E-state index in [1.807, 2.05) is 6.08 Å². The average Bonchev–Trinajstić information content (AvgIpc) is 2.38. The van der Waals surface area contributed by atoms with Crippen LogP contribution in [0.5, 0.6) is 17.2 Å². The van der Waals surface area contributed by atoms with Crippen molar-refractivity contribution < 1.29 is 25.4 Å². The van der Waals surface area contributed by atoms with Crippen molar-refractivity contribution in [3.63, 3.8) is 0 Å². The molecule has 0 aliphatic heterocycles. The van der Waals surface area contributed by atoms with E-state index in [1.165, 1.54) is 6.07 Å². The maximum atomic E-state index is 9.30. The van der Waals surface area contributed by atoms with E-state index in [4.69, 9.17) is 15.2 Å².